The average molecular weight is 610 g/mol. The highest BCUT2D eigenvalue weighted by Gasteiger charge is 2.65. The molecule has 12 heteroatoms. The van der Waals surface area contributed by atoms with E-state index < -0.39 is 70.7 Å². The van der Waals surface area contributed by atoms with Crippen molar-refractivity contribution in [3.63, 3.8) is 0 Å². The minimum absolute atomic E-state index is 0.0354. The lowest BCUT2D eigenvalue weighted by atomic mass is 9.77. The van der Waals surface area contributed by atoms with E-state index in [2.05, 4.69) is 16.7 Å². The molecule has 2 bridgehead atoms. The van der Waals surface area contributed by atoms with E-state index in [1.54, 1.807) is 39.0 Å². The number of rotatable bonds is 4. The number of likely N-dealkylation sites (tertiary alicyclic amines) is 2. The predicted octanol–water partition coefficient (Wildman–Crippen LogP) is 3.00. The molecule has 234 valence electrons. The molecule has 1 spiro atoms. The number of fused-ring (bicyclic) bond motifs is 5. The van der Waals surface area contributed by atoms with Gasteiger partial charge in [-0.25, -0.2) is 13.6 Å². The Morgan fingerprint density at radius 3 is 2.50 bits per heavy atom. The smallest absolute Gasteiger partial charge is 0.407 e. The fourth-order valence-electron chi connectivity index (χ4n) is 8.37. The van der Waals surface area contributed by atoms with Crippen LogP contribution in [0.3, 0.4) is 0 Å². The Kier molecular flexibility index (Phi) is 7.21. The number of amides is 4. The number of halogens is 2. The summed E-state index contributed by atoms with van der Waals surface area (Å²) in [6, 6.07) is 4.80. The molecule has 4 amide bonds. The van der Waals surface area contributed by atoms with Crippen molar-refractivity contribution in [2.45, 2.75) is 64.3 Å². The lowest BCUT2D eigenvalue weighted by Gasteiger charge is -2.38. The topological polar surface area (TPSA) is 132 Å². The van der Waals surface area contributed by atoms with Crippen molar-refractivity contribution in [2.75, 3.05) is 20.2 Å². The summed E-state index contributed by atoms with van der Waals surface area (Å²) in [4.78, 5) is 57.3. The first-order valence-electron chi connectivity index (χ1n) is 15.1. The summed E-state index contributed by atoms with van der Waals surface area (Å²) in [6.45, 7) is 5.53. The van der Waals surface area contributed by atoms with E-state index in [1.165, 1.54) is 29.0 Å². The molecule has 3 aliphatic heterocycles. The summed E-state index contributed by atoms with van der Waals surface area (Å²) >= 11 is 0. The number of alkyl carbamates (subject to hydrolysis) is 1. The van der Waals surface area contributed by atoms with Crippen LogP contribution in [0.5, 0.6) is 0 Å². The van der Waals surface area contributed by atoms with E-state index in [1.807, 2.05) is 0 Å². The Morgan fingerprint density at radius 2 is 1.86 bits per heavy atom. The minimum Gasteiger partial charge on any atom is -0.453 e. The first-order chi connectivity index (χ1) is 20.8. The SMILES string of the molecule is COC(=O)N[C@H](C(=O)N1C[C@@H]2[C@H]3C[C@@H]([C@@H]2[C@H]1C(=O)N1C[C@]2(C=C(c4ccc(F)cc4)NC2=O)C[C@H]1C#N)[C@H](F)C3)C(C)(C)C. The summed E-state index contributed by atoms with van der Waals surface area (Å²) in [6.07, 6.45) is 0.910. The summed E-state index contributed by atoms with van der Waals surface area (Å²) in [5.41, 5.74) is -0.875. The Labute approximate surface area is 254 Å². The van der Waals surface area contributed by atoms with Crippen molar-refractivity contribution in [3.8, 4) is 6.07 Å². The van der Waals surface area contributed by atoms with E-state index in [0.29, 0.717) is 24.1 Å². The van der Waals surface area contributed by atoms with Crippen LogP contribution in [0.4, 0.5) is 13.6 Å². The van der Waals surface area contributed by atoms with Crippen LogP contribution in [-0.4, -0.2) is 78.1 Å². The van der Waals surface area contributed by atoms with Gasteiger partial charge in [-0.05, 0) is 77.8 Å². The first-order valence-corrected chi connectivity index (χ1v) is 15.1. The van der Waals surface area contributed by atoms with Gasteiger partial charge in [0.1, 0.15) is 30.1 Å². The molecule has 10 nitrogen and oxygen atoms in total. The number of nitriles is 1. The molecule has 44 heavy (non-hydrogen) atoms. The summed E-state index contributed by atoms with van der Waals surface area (Å²) in [5.74, 6) is -2.62. The van der Waals surface area contributed by atoms with Gasteiger partial charge in [-0.2, -0.15) is 5.26 Å². The molecule has 0 radical (unpaired) electrons. The Morgan fingerprint density at radius 1 is 1.16 bits per heavy atom. The maximum atomic E-state index is 15.2. The molecule has 2 N–H and O–H groups in total. The normalized spacial score (nSPS) is 34.4. The maximum Gasteiger partial charge on any atom is 0.407 e. The molecule has 5 aliphatic rings. The van der Waals surface area contributed by atoms with Crippen LogP contribution in [0.1, 0.15) is 45.6 Å². The lowest BCUT2D eigenvalue weighted by molar-refractivity contribution is -0.148. The zero-order valence-corrected chi connectivity index (χ0v) is 25.2. The molecular formula is C32H37F2N5O5. The predicted molar refractivity (Wildman–Crippen MR) is 153 cm³/mol. The van der Waals surface area contributed by atoms with Crippen LogP contribution in [-0.2, 0) is 19.1 Å². The van der Waals surface area contributed by atoms with Crippen molar-refractivity contribution in [3.05, 3.63) is 41.7 Å². The Hall–Kier alpha value is -4.01. The quantitative estimate of drug-likeness (QED) is 0.540. The minimum atomic E-state index is -1.19. The highest BCUT2D eigenvalue weighted by atomic mass is 19.1. The van der Waals surface area contributed by atoms with Crippen LogP contribution in [0, 0.1) is 51.6 Å². The third-order valence-corrected chi connectivity index (χ3v) is 10.5. The Balaban J connectivity index is 1.34. The number of alkyl halides is 1. The van der Waals surface area contributed by atoms with E-state index >= 15 is 4.39 Å². The van der Waals surface area contributed by atoms with Gasteiger partial charge in [0.05, 0.1) is 18.6 Å². The second-order valence-corrected chi connectivity index (χ2v) is 14.0. The molecule has 0 unspecified atom stereocenters. The molecule has 2 saturated carbocycles. The summed E-state index contributed by atoms with van der Waals surface area (Å²) in [5, 5.41) is 15.6. The lowest BCUT2D eigenvalue weighted by Crippen LogP contribution is -2.59. The molecule has 9 atom stereocenters. The van der Waals surface area contributed by atoms with Gasteiger partial charge < -0.3 is 25.2 Å². The van der Waals surface area contributed by atoms with E-state index in [0.717, 1.165) is 0 Å². The number of carbonyl (C=O) groups excluding carboxylic acids is 4. The molecule has 6 rings (SSSR count). The summed E-state index contributed by atoms with van der Waals surface area (Å²) < 4.78 is 33.5. The second kappa shape index (κ2) is 10.6. The summed E-state index contributed by atoms with van der Waals surface area (Å²) in [7, 11) is 1.20. The van der Waals surface area contributed by atoms with Crippen molar-refractivity contribution in [1.82, 2.24) is 20.4 Å². The van der Waals surface area contributed by atoms with Crippen LogP contribution in [0.2, 0.25) is 0 Å². The fourth-order valence-corrected chi connectivity index (χ4v) is 8.37. The van der Waals surface area contributed by atoms with Gasteiger partial charge in [-0.15, -0.1) is 0 Å². The van der Waals surface area contributed by atoms with Gasteiger partial charge in [-0.1, -0.05) is 20.8 Å². The van der Waals surface area contributed by atoms with Crippen molar-refractivity contribution >= 4 is 29.5 Å². The van der Waals surface area contributed by atoms with Gasteiger partial charge in [0.25, 0.3) is 0 Å². The standard InChI is InChI=1S/C32H37F2N5O5/c1-31(2,3)26(37-30(43)44-4)28(41)38-14-21-17-9-20(22(34)10-17)24(21)25(38)27(40)39-15-32(11-19(39)13-35)12-23(36-29(32)42)16-5-7-18(33)8-6-16/h5-8,12,17,19-22,24-26H,9-11,14-15H2,1-4H3,(H,36,42)(H,37,43)/t17-,19-,20+,21+,22+,24-,25-,26+,32+/m0/s1. The number of benzene rings is 1. The maximum absolute atomic E-state index is 15.2. The number of hydrogen-bond donors (Lipinski definition) is 2. The van der Waals surface area contributed by atoms with Gasteiger partial charge in [0.2, 0.25) is 17.7 Å². The zero-order valence-electron chi connectivity index (χ0n) is 25.2. The molecule has 0 aromatic heterocycles. The first kappa shape index (κ1) is 30.0. The van der Waals surface area contributed by atoms with Gasteiger partial charge >= 0.3 is 6.09 Å². The number of hydrogen-bond acceptors (Lipinski definition) is 6. The van der Waals surface area contributed by atoms with Gasteiger partial charge in [0.15, 0.2) is 0 Å². The molecular weight excluding hydrogens is 572 g/mol. The molecule has 1 aromatic rings. The molecule has 1 aromatic carbocycles. The number of nitrogens with one attached hydrogen (secondary N) is 2. The number of ether oxygens (including phenoxy) is 1. The van der Waals surface area contributed by atoms with Crippen LogP contribution in [0.15, 0.2) is 30.3 Å². The third kappa shape index (κ3) is 4.72. The Bertz CT molecular complexity index is 1470. The molecule has 2 aliphatic carbocycles. The molecule has 2 saturated heterocycles. The average Bonchev–Trinajstić information content (AvgIpc) is 3.78. The van der Waals surface area contributed by atoms with Gasteiger partial charge in [-0.3, -0.25) is 14.4 Å². The second-order valence-electron chi connectivity index (χ2n) is 14.0. The van der Waals surface area contributed by atoms with Gasteiger partial charge in [0, 0.05) is 25.2 Å². The number of methoxy groups -OCH3 is 1. The highest BCUT2D eigenvalue weighted by molar-refractivity contribution is 6.00. The largest absolute Gasteiger partial charge is 0.453 e. The zero-order chi connectivity index (χ0) is 31.7. The van der Waals surface area contributed by atoms with Crippen LogP contribution in [0.25, 0.3) is 5.70 Å². The van der Waals surface area contributed by atoms with E-state index in [-0.39, 0.29) is 37.3 Å². The highest BCUT2D eigenvalue weighted by Crippen LogP contribution is 2.59. The monoisotopic (exact) mass is 609 g/mol. The van der Waals surface area contributed by atoms with Crippen molar-refractivity contribution in [2.24, 2.45) is 34.5 Å². The van der Waals surface area contributed by atoms with Crippen molar-refractivity contribution < 1.29 is 32.7 Å². The van der Waals surface area contributed by atoms with E-state index in [4.69, 9.17) is 4.74 Å². The third-order valence-electron chi connectivity index (χ3n) is 10.5. The van der Waals surface area contributed by atoms with E-state index in [9.17, 15) is 28.8 Å². The molecule has 4 fully saturated rings. The van der Waals surface area contributed by atoms with Crippen LogP contribution < -0.4 is 10.6 Å². The molecule has 3 heterocycles. The number of nitrogens with zero attached hydrogens (tertiary/aromatic N) is 3. The van der Waals surface area contributed by atoms with Crippen LogP contribution >= 0.6 is 0 Å². The van der Waals surface area contributed by atoms with Crippen molar-refractivity contribution in [1.29, 1.82) is 5.26 Å². The fraction of sp³-hybridized carbons (Fsp3) is 0.594. The number of carbonyl (C=O) groups is 4.